The third-order valence-corrected chi connectivity index (χ3v) is 6.09. The lowest BCUT2D eigenvalue weighted by atomic mass is 10.2. The Hall–Kier alpha value is -2.51. The zero-order valence-electron chi connectivity index (χ0n) is 17.2. The lowest BCUT2D eigenvalue weighted by Gasteiger charge is -2.15. The van der Waals surface area contributed by atoms with Crippen molar-refractivity contribution in [3.8, 4) is 11.4 Å². The number of aryl methyl sites for hydroxylation is 1. The number of esters is 1. The summed E-state index contributed by atoms with van der Waals surface area (Å²) in [6.45, 7) is 6.25. The van der Waals surface area contributed by atoms with Crippen molar-refractivity contribution in [2.45, 2.75) is 44.2 Å². The predicted octanol–water partition coefficient (Wildman–Crippen LogP) is 5.24. The van der Waals surface area contributed by atoms with Crippen molar-refractivity contribution in [3.05, 3.63) is 64.9 Å². The molecule has 0 amide bonds. The highest BCUT2D eigenvalue weighted by Gasteiger charge is 2.24. The number of hydrogen-bond acceptors (Lipinski definition) is 6. The first-order valence-electron chi connectivity index (χ1n) is 9.75. The van der Waals surface area contributed by atoms with Crippen LogP contribution in [-0.2, 0) is 16.1 Å². The number of para-hydroxylation sites is 1. The number of thioether (sulfide) groups is 1. The normalized spacial score (nSPS) is 11.9. The Bertz CT molecular complexity index is 995. The Labute approximate surface area is 185 Å². The molecular formula is C22H24ClN3O3S. The van der Waals surface area contributed by atoms with Crippen molar-refractivity contribution in [2.75, 3.05) is 6.61 Å². The Morgan fingerprint density at radius 1 is 1.17 bits per heavy atom. The number of carbonyl (C=O) groups is 1. The second kappa shape index (κ2) is 10.5. The first-order valence-corrected chi connectivity index (χ1v) is 11.0. The second-order valence-electron chi connectivity index (χ2n) is 6.54. The van der Waals surface area contributed by atoms with Gasteiger partial charge in [-0.2, -0.15) is 0 Å². The molecule has 1 aromatic heterocycles. The van der Waals surface area contributed by atoms with Crippen LogP contribution in [0.5, 0.6) is 5.75 Å². The molecule has 0 spiro atoms. The van der Waals surface area contributed by atoms with E-state index in [1.165, 1.54) is 11.8 Å². The molecule has 6 nitrogen and oxygen atoms in total. The van der Waals surface area contributed by atoms with E-state index in [9.17, 15) is 4.79 Å². The molecule has 1 atom stereocenters. The molecule has 0 bridgehead atoms. The summed E-state index contributed by atoms with van der Waals surface area (Å²) in [5.74, 6) is 1.09. The molecule has 30 heavy (non-hydrogen) atoms. The van der Waals surface area contributed by atoms with Crippen molar-refractivity contribution in [1.29, 1.82) is 0 Å². The van der Waals surface area contributed by atoms with Crippen LogP contribution in [0.25, 0.3) is 5.69 Å². The molecule has 0 aliphatic carbocycles. The standard InChI is InChI=1S/C22H24ClN3O3S/c1-4-19(21(27)28-5-2)30-22-25-24-20(26(22)16-9-7-6-8-10-16)14-29-17-11-12-18(23)15(3)13-17/h6-13,19H,4-5,14H2,1-3H3/t19-/m0/s1. The molecule has 0 saturated heterocycles. The van der Waals surface area contributed by atoms with Crippen LogP contribution in [0.4, 0.5) is 0 Å². The number of halogens is 1. The van der Waals surface area contributed by atoms with Crippen molar-refractivity contribution in [2.24, 2.45) is 0 Å². The smallest absolute Gasteiger partial charge is 0.319 e. The topological polar surface area (TPSA) is 66.2 Å². The molecule has 2 aromatic carbocycles. The van der Waals surface area contributed by atoms with Crippen LogP contribution < -0.4 is 4.74 Å². The summed E-state index contributed by atoms with van der Waals surface area (Å²) in [6, 6.07) is 15.3. The van der Waals surface area contributed by atoms with E-state index in [1.54, 1.807) is 13.0 Å². The van der Waals surface area contributed by atoms with Crippen LogP contribution in [0.3, 0.4) is 0 Å². The van der Waals surface area contributed by atoms with Gasteiger partial charge in [-0.25, -0.2) is 0 Å². The van der Waals surface area contributed by atoms with Crippen molar-refractivity contribution in [1.82, 2.24) is 14.8 Å². The summed E-state index contributed by atoms with van der Waals surface area (Å²) in [7, 11) is 0. The number of benzene rings is 2. The number of nitrogens with zero attached hydrogens (tertiary/aromatic N) is 3. The Balaban J connectivity index is 1.88. The Morgan fingerprint density at radius 2 is 1.93 bits per heavy atom. The summed E-state index contributed by atoms with van der Waals surface area (Å²) < 4.78 is 13.0. The van der Waals surface area contributed by atoms with E-state index >= 15 is 0 Å². The van der Waals surface area contributed by atoms with Crippen molar-refractivity contribution in [3.63, 3.8) is 0 Å². The van der Waals surface area contributed by atoms with Gasteiger partial charge in [-0.05, 0) is 56.2 Å². The van der Waals surface area contributed by atoms with Crippen LogP contribution in [-0.4, -0.2) is 32.6 Å². The van der Waals surface area contributed by atoms with E-state index in [4.69, 9.17) is 21.1 Å². The highest BCUT2D eigenvalue weighted by molar-refractivity contribution is 8.00. The molecule has 1 heterocycles. The minimum Gasteiger partial charge on any atom is -0.486 e. The van der Waals surface area contributed by atoms with Gasteiger partial charge in [-0.15, -0.1) is 10.2 Å². The molecule has 0 aliphatic heterocycles. The second-order valence-corrected chi connectivity index (χ2v) is 8.11. The number of ether oxygens (including phenoxy) is 2. The van der Waals surface area contributed by atoms with Gasteiger partial charge in [-0.1, -0.05) is 48.5 Å². The lowest BCUT2D eigenvalue weighted by Crippen LogP contribution is -2.20. The summed E-state index contributed by atoms with van der Waals surface area (Å²) in [5, 5.41) is 9.62. The Kier molecular flexibility index (Phi) is 7.76. The molecule has 8 heteroatoms. The van der Waals surface area contributed by atoms with Gasteiger partial charge in [0.1, 0.15) is 17.6 Å². The van der Waals surface area contributed by atoms with Gasteiger partial charge >= 0.3 is 5.97 Å². The van der Waals surface area contributed by atoms with Gasteiger partial charge in [0.15, 0.2) is 11.0 Å². The first kappa shape index (κ1) is 22.2. The van der Waals surface area contributed by atoms with Crippen LogP contribution in [0, 0.1) is 6.92 Å². The van der Waals surface area contributed by atoms with E-state index in [0.717, 1.165) is 11.3 Å². The minimum absolute atomic E-state index is 0.222. The number of carbonyl (C=O) groups excluding carboxylic acids is 1. The van der Waals surface area contributed by atoms with Gasteiger partial charge in [0.25, 0.3) is 0 Å². The molecule has 0 saturated carbocycles. The van der Waals surface area contributed by atoms with Gasteiger partial charge in [0.05, 0.1) is 6.61 Å². The highest BCUT2D eigenvalue weighted by Crippen LogP contribution is 2.29. The maximum absolute atomic E-state index is 12.3. The molecular weight excluding hydrogens is 422 g/mol. The first-order chi connectivity index (χ1) is 14.5. The van der Waals surface area contributed by atoms with E-state index in [1.807, 2.05) is 60.9 Å². The molecule has 158 valence electrons. The maximum atomic E-state index is 12.3. The van der Waals surface area contributed by atoms with Crippen molar-refractivity contribution < 1.29 is 14.3 Å². The number of hydrogen-bond donors (Lipinski definition) is 0. The quantitative estimate of drug-likeness (QED) is 0.331. The van der Waals surface area contributed by atoms with E-state index < -0.39 is 0 Å². The monoisotopic (exact) mass is 445 g/mol. The third kappa shape index (κ3) is 5.34. The van der Waals surface area contributed by atoms with Gasteiger partial charge in [-0.3, -0.25) is 9.36 Å². The number of rotatable bonds is 9. The van der Waals surface area contributed by atoms with E-state index in [0.29, 0.717) is 34.8 Å². The maximum Gasteiger partial charge on any atom is 0.319 e. The predicted molar refractivity (Wildman–Crippen MR) is 118 cm³/mol. The van der Waals surface area contributed by atoms with Crippen LogP contribution in [0.15, 0.2) is 53.7 Å². The van der Waals surface area contributed by atoms with Gasteiger partial charge in [0, 0.05) is 10.7 Å². The summed E-state index contributed by atoms with van der Waals surface area (Å²) >= 11 is 7.44. The van der Waals surface area contributed by atoms with E-state index in [2.05, 4.69) is 10.2 Å². The average molecular weight is 446 g/mol. The molecule has 0 aliphatic rings. The fourth-order valence-corrected chi connectivity index (χ4v) is 3.93. The Morgan fingerprint density at radius 3 is 2.60 bits per heavy atom. The summed E-state index contributed by atoms with van der Waals surface area (Å²) in [6.07, 6.45) is 0.626. The fraction of sp³-hybridized carbons (Fsp3) is 0.318. The zero-order chi connectivity index (χ0) is 21.5. The summed E-state index contributed by atoms with van der Waals surface area (Å²) in [5.41, 5.74) is 1.84. The third-order valence-electron chi connectivity index (χ3n) is 4.38. The number of aromatic nitrogens is 3. The van der Waals surface area contributed by atoms with Gasteiger partial charge < -0.3 is 9.47 Å². The summed E-state index contributed by atoms with van der Waals surface area (Å²) in [4.78, 5) is 12.3. The molecule has 0 N–H and O–H groups in total. The molecule has 0 fully saturated rings. The van der Waals surface area contributed by atoms with Crippen LogP contribution in [0.2, 0.25) is 5.02 Å². The zero-order valence-corrected chi connectivity index (χ0v) is 18.7. The molecule has 0 radical (unpaired) electrons. The van der Waals surface area contributed by atoms with Crippen molar-refractivity contribution >= 4 is 29.3 Å². The molecule has 3 rings (SSSR count). The van der Waals surface area contributed by atoms with E-state index in [-0.39, 0.29) is 17.8 Å². The molecule has 0 unspecified atom stereocenters. The highest BCUT2D eigenvalue weighted by atomic mass is 35.5. The minimum atomic E-state index is -0.357. The van der Waals surface area contributed by atoms with Gasteiger partial charge in [0.2, 0.25) is 0 Å². The van der Waals surface area contributed by atoms with Crippen LogP contribution in [0.1, 0.15) is 31.7 Å². The molecule has 3 aromatic rings. The fourth-order valence-electron chi connectivity index (χ4n) is 2.82. The average Bonchev–Trinajstić information content (AvgIpc) is 3.16. The SMILES string of the molecule is CCOC(=O)[C@H](CC)Sc1nnc(COc2ccc(Cl)c(C)c2)n1-c1ccccc1. The largest absolute Gasteiger partial charge is 0.486 e. The lowest BCUT2D eigenvalue weighted by molar-refractivity contribution is -0.142. The van der Waals surface area contributed by atoms with Crippen LogP contribution >= 0.6 is 23.4 Å².